The number of hydroxylamine groups is 3. The summed E-state index contributed by atoms with van der Waals surface area (Å²) in [5.41, 5.74) is 1.96. The molecule has 1 N–H and O–H groups in total. The first kappa shape index (κ1) is 29.2. The molecular formula is C33H31Cl2FN4O4. The minimum absolute atomic E-state index is 0. The quantitative estimate of drug-likeness (QED) is 0.147. The second kappa shape index (κ2) is 9.75. The molecule has 4 aromatic rings. The number of quaternary nitrogens is 1. The summed E-state index contributed by atoms with van der Waals surface area (Å²) in [5.74, 6) is -2.37. The molecule has 44 heavy (non-hydrogen) atoms. The van der Waals surface area contributed by atoms with Crippen molar-refractivity contribution in [1.29, 1.82) is 0 Å². The second-order valence-corrected chi connectivity index (χ2v) is 13.1. The number of halogens is 3. The number of aromatic nitrogens is 2. The monoisotopic (exact) mass is 636 g/mol. The lowest BCUT2D eigenvalue weighted by Crippen LogP contribution is -2.64. The zero-order valence-corrected chi connectivity index (χ0v) is 24.9. The molecule has 0 bridgehead atoms. The van der Waals surface area contributed by atoms with Gasteiger partial charge in [-0.1, -0.05) is 48.8 Å². The second-order valence-electron chi connectivity index (χ2n) is 12.2. The van der Waals surface area contributed by atoms with Crippen LogP contribution in [0.25, 0.3) is 10.9 Å². The predicted octanol–water partition coefficient (Wildman–Crippen LogP) is 7.05. The Morgan fingerprint density at radius 1 is 1.23 bits per heavy atom. The fourth-order valence-electron chi connectivity index (χ4n) is 8.23. The average molecular weight is 638 g/mol. The molecule has 2 fully saturated rings. The Morgan fingerprint density at radius 3 is 2.73 bits per heavy atom. The van der Waals surface area contributed by atoms with Crippen LogP contribution in [0.15, 0.2) is 48.5 Å². The summed E-state index contributed by atoms with van der Waals surface area (Å²) in [5, 5.41) is 25.0. The van der Waals surface area contributed by atoms with Crippen molar-refractivity contribution in [3.05, 3.63) is 97.5 Å². The van der Waals surface area contributed by atoms with Gasteiger partial charge in [-0.15, -0.1) is 0 Å². The van der Waals surface area contributed by atoms with Gasteiger partial charge in [0.25, 0.3) is 5.91 Å². The van der Waals surface area contributed by atoms with Crippen LogP contribution in [0.4, 0.5) is 10.1 Å². The van der Waals surface area contributed by atoms with Crippen molar-refractivity contribution in [2.24, 2.45) is 5.92 Å². The molecule has 8 rings (SSSR count). The molecule has 1 saturated heterocycles. The number of nitrogens with zero attached hydrogens (tertiary/aromatic N) is 3. The van der Waals surface area contributed by atoms with Crippen molar-refractivity contribution in [1.82, 2.24) is 9.78 Å². The van der Waals surface area contributed by atoms with Gasteiger partial charge < -0.3 is 19.9 Å². The van der Waals surface area contributed by atoms with Crippen molar-refractivity contribution in [2.75, 3.05) is 19.0 Å². The topological polar surface area (TPSA) is 96.3 Å². The number of fused-ring (bicyclic) bond motifs is 7. The number of amides is 1. The number of aryl methyl sites for hydroxylation is 1. The number of likely N-dealkylation sites (tertiary alicyclic amines) is 1. The molecule has 5 atom stereocenters. The van der Waals surface area contributed by atoms with Crippen molar-refractivity contribution in [2.45, 2.75) is 57.2 Å². The number of benzene rings is 3. The molecule has 1 unspecified atom stereocenters. The fourth-order valence-corrected chi connectivity index (χ4v) is 8.58. The summed E-state index contributed by atoms with van der Waals surface area (Å²) in [6.07, 6.45) is 2.15. The molecule has 1 aliphatic carbocycles. The van der Waals surface area contributed by atoms with Gasteiger partial charge in [0.2, 0.25) is 5.54 Å². The molecule has 0 radical (unpaired) electrons. The van der Waals surface area contributed by atoms with Crippen LogP contribution in [0.2, 0.25) is 10.0 Å². The third kappa shape index (κ3) is 3.55. The van der Waals surface area contributed by atoms with Gasteiger partial charge in [-0.3, -0.25) is 9.48 Å². The van der Waals surface area contributed by atoms with Crippen LogP contribution < -0.4 is 5.32 Å². The molecule has 4 aliphatic rings. The van der Waals surface area contributed by atoms with Gasteiger partial charge in [-0.25, -0.2) is 9.18 Å². The highest BCUT2D eigenvalue weighted by molar-refractivity contribution is 6.31. The summed E-state index contributed by atoms with van der Waals surface area (Å²) in [7, 11) is 1.33. The molecule has 228 valence electrons. The van der Waals surface area contributed by atoms with Gasteiger partial charge in [0.05, 0.1) is 47.1 Å². The molecular weight excluding hydrogens is 606 g/mol. The van der Waals surface area contributed by atoms with E-state index in [2.05, 4.69) is 5.32 Å². The predicted molar refractivity (Wildman–Crippen MR) is 166 cm³/mol. The Morgan fingerprint density at radius 2 is 2.00 bits per heavy atom. The lowest BCUT2D eigenvalue weighted by atomic mass is 9.73. The first-order valence-corrected chi connectivity index (χ1v) is 15.1. The van der Waals surface area contributed by atoms with Crippen molar-refractivity contribution in [3.63, 3.8) is 0 Å². The van der Waals surface area contributed by atoms with Gasteiger partial charge in [-0.05, 0) is 55.7 Å². The fraction of sp³-hybridized carbons (Fsp3) is 0.364. The van der Waals surface area contributed by atoms with E-state index in [0.717, 1.165) is 23.9 Å². The molecule has 1 aromatic heterocycles. The highest BCUT2D eigenvalue weighted by atomic mass is 35.5. The van der Waals surface area contributed by atoms with E-state index in [-0.39, 0.29) is 30.5 Å². The maximum atomic E-state index is 16.2. The Balaban J connectivity index is 0.00000312. The normalized spacial score (nSPS) is 28.0. The summed E-state index contributed by atoms with van der Waals surface area (Å²) in [6.45, 7) is 2.04. The zero-order chi connectivity index (χ0) is 30.0. The van der Waals surface area contributed by atoms with E-state index in [1.54, 1.807) is 36.4 Å². The Bertz CT molecular complexity index is 1910. The Kier molecular flexibility index (Phi) is 6.47. The van der Waals surface area contributed by atoms with E-state index < -0.39 is 45.9 Å². The number of anilines is 1. The standard InChI is InChI=1S/C32H27Cl2FN4O4.CH4/c1-15-18(30(40)43-2)9-10-19-24-13-25-29(38(24)37-28(15)19)26(20-4-3-5-22(34)27(20)35)32(39(25,42)14-16-6-7-16)21-11-8-17(33)12-23(21)36-31(32)41;/h3-5,8-12,16,25-26,29H,6-7,13-14H2,1-2H3,(H,36,41);1H4/t25-,26-,29+,32+,39?;/m0./s1. The number of esters is 1. The van der Waals surface area contributed by atoms with E-state index in [1.807, 2.05) is 17.7 Å². The molecule has 4 heterocycles. The zero-order valence-electron chi connectivity index (χ0n) is 23.4. The number of hydrogen-bond donors (Lipinski definition) is 1. The molecule has 8 nitrogen and oxygen atoms in total. The summed E-state index contributed by atoms with van der Waals surface area (Å²) in [4.78, 5) is 27.0. The SMILES string of the molecule is C.COC(=O)c1ccc2c3n(nc2c1C)[C@H]1[C@H](c2cccc(Cl)c2F)[C@]2(C(=O)Nc4cc(Cl)ccc42)[N+]([O-])(CC2CC2)[C@H]1C3. The molecule has 3 aromatic carbocycles. The van der Waals surface area contributed by atoms with Crippen LogP contribution >= 0.6 is 23.2 Å². The molecule has 1 saturated carbocycles. The minimum atomic E-state index is -1.70. The number of carbonyl (C=O) groups is 2. The largest absolute Gasteiger partial charge is 0.632 e. The van der Waals surface area contributed by atoms with Crippen LogP contribution in [0.1, 0.15) is 65.0 Å². The number of methoxy groups -OCH3 is 1. The van der Waals surface area contributed by atoms with Crippen molar-refractivity contribution in [3.8, 4) is 0 Å². The lowest BCUT2D eigenvalue weighted by Gasteiger charge is -2.54. The average Bonchev–Trinajstić information content (AvgIpc) is 3.40. The smallest absolute Gasteiger partial charge is 0.338 e. The van der Waals surface area contributed by atoms with E-state index in [9.17, 15) is 9.59 Å². The van der Waals surface area contributed by atoms with Gasteiger partial charge >= 0.3 is 5.97 Å². The van der Waals surface area contributed by atoms with E-state index in [0.29, 0.717) is 39.3 Å². The molecule has 3 aliphatic heterocycles. The van der Waals surface area contributed by atoms with Gasteiger partial charge in [0.1, 0.15) is 17.9 Å². The highest BCUT2D eigenvalue weighted by Crippen LogP contribution is 2.67. The highest BCUT2D eigenvalue weighted by Gasteiger charge is 2.76. The van der Waals surface area contributed by atoms with E-state index in [1.165, 1.54) is 13.2 Å². The Labute approximate surface area is 263 Å². The first-order valence-electron chi connectivity index (χ1n) is 14.3. The van der Waals surface area contributed by atoms with E-state index >= 15 is 9.60 Å². The lowest BCUT2D eigenvalue weighted by molar-refractivity contribution is -0.940. The Hall–Kier alpha value is -3.50. The number of hydrogen-bond acceptors (Lipinski definition) is 5. The van der Waals surface area contributed by atoms with Crippen LogP contribution in [0, 0.1) is 23.9 Å². The van der Waals surface area contributed by atoms with Crippen molar-refractivity contribution >= 4 is 51.7 Å². The number of carbonyl (C=O) groups excluding carboxylic acids is 2. The number of nitrogens with one attached hydrogen (secondary N) is 1. The van der Waals surface area contributed by atoms with Gasteiger partial charge in [-0.2, -0.15) is 5.10 Å². The minimum Gasteiger partial charge on any atom is -0.632 e. The first-order chi connectivity index (χ1) is 20.6. The van der Waals surface area contributed by atoms with Crippen LogP contribution in [0.5, 0.6) is 0 Å². The number of rotatable bonds is 4. The van der Waals surface area contributed by atoms with Crippen LogP contribution in [-0.4, -0.2) is 46.0 Å². The summed E-state index contributed by atoms with van der Waals surface area (Å²) in [6, 6.07) is 12.1. The maximum Gasteiger partial charge on any atom is 0.338 e. The summed E-state index contributed by atoms with van der Waals surface area (Å²) >= 11 is 12.7. The third-order valence-corrected chi connectivity index (χ3v) is 10.7. The van der Waals surface area contributed by atoms with Crippen LogP contribution in [-0.2, 0) is 21.5 Å². The van der Waals surface area contributed by atoms with Crippen molar-refractivity contribution < 1.29 is 23.4 Å². The molecule has 1 spiro atoms. The maximum absolute atomic E-state index is 16.2. The summed E-state index contributed by atoms with van der Waals surface area (Å²) < 4.78 is 22.2. The van der Waals surface area contributed by atoms with Crippen LogP contribution in [0.3, 0.4) is 0 Å². The molecule has 1 amide bonds. The third-order valence-electron chi connectivity index (χ3n) is 10.2. The van der Waals surface area contributed by atoms with Gasteiger partial charge in [0, 0.05) is 33.9 Å². The number of ether oxygens (including phenoxy) is 1. The molecule has 11 heteroatoms. The van der Waals surface area contributed by atoms with E-state index in [4.69, 9.17) is 33.0 Å². The van der Waals surface area contributed by atoms with Gasteiger partial charge in [0.15, 0.2) is 0 Å².